The zero-order valence-electron chi connectivity index (χ0n) is 9.93. The second kappa shape index (κ2) is 4.00. The van der Waals surface area contributed by atoms with Crippen molar-refractivity contribution < 1.29 is 0 Å². The molecule has 1 fully saturated rings. The smallest absolute Gasteiger partial charge is 0.0209 e. The van der Waals surface area contributed by atoms with E-state index in [9.17, 15) is 0 Å². The van der Waals surface area contributed by atoms with Crippen LogP contribution in [0.5, 0.6) is 0 Å². The summed E-state index contributed by atoms with van der Waals surface area (Å²) in [6.07, 6.45) is 4.06. The van der Waals surface area contributed by atoms with Gasteiger partial charge < -0.3 is 4.90 Å². The maximum absolute atomic E-state index is 2.57. The van der Waals surface area contributed by atoms with Crippen molar-refractivity contribution >= 4 is 0 Å². The molecule has 0 aromatic carbocycles. The normalized spacial score (nSPS) is 36.0. The monoisotopic (exact) mass is 183 g/mol. The van der Waals surface area contributed by atoms with E-state index in [0.717, 1.165) is 11.8 Å². The van der Waals surface area contributed by atoms with Crippen LogP contribution < -0.4 is 0 Å². The van der Waals surface area contributed by atoms with Gasteiger partial charge in [-0.2, -0.15) is 0 Å². The highest BCUT2D eigenvalue weighted by atomic mass is 15.2. The van der Waals surface area contributed by atoms with Crippen molar-refractivity contribution in [1.29, 1.82) is 0 Å². The van der Waals surface area contributed by atoms with Crippen LogP contribution in [0.25, 0.3) is 0 Å². The third kappa shape index (κ3) is 1.90. The minimum absolute atomic E-state index is 0.475. The van der Waals surface area contributed by atoms with E-state index < -0.39 is 0 Å². The Morgan fingerprint density at radius 3 is 2.54 bits per heavy atom. The molecular formula is C12H25N. The highest BCUT2D eigenvalue weighted by Gasteiger charge is 2.43. The van der Waals surface area contributed by atoms with Gasteiger partial charge in [0, 0.05) is 5.54 Å². The first-order valence-corrected chi connectivity index (χ1v) is 5.73. The number of likely N-dealkylation sites (tertiary alicyclic amines) is 1. The van der Waals surface area contributed by atoms with E-state index in [4.69, 9.17) is 0 Å². The SMILES string of the molecule is CCCC1(C)C(C(C)C)CCN1C. The molecule has 0 aliphatic carbocycles. The molecule has 0 aromatic heterocycles. The zero-order chi connectivity index (χ0) is 10.1. The lowest BCUT2D eigenvalue weighted by Crippen LogP contribution is -2.44. The Balaban J connectivity index is 2.74. The van der Waals surface area contributed by atoms with Gasteiger partial charge in [-0.1, -0.05) is 27.2 Å². The van der Waals surface area contributed by atoms with Gasteiger partial charge >= 0.3 is 0 Å². The Hall–Kier alpha value is -0.0400. The van der Waals surface area contributed by atoms with Crippen molar-refractivity contribution in [2.75, 3.05) is 13.6 Å². The lowest BCUT2D eigenvalue weighted by atomic mass is 9.76. The molecule has 0 aromatic rings. The second-order valence-electron chi connectivity index (χ2n) is 5.17. The average molecular weight is 183 g/mol. The minimum atomic E-state index is 0.475. The van der Waals surface area contributed by atoms with Gasteiger partial charge in [0.1, 0.15) is 0 Å². The molecular weight excluding hydrogens is 158 g/mol. The molecule has 2 atom stereocenters. The molecule has 78 valence electrons. The molecule has 0 radical (unpaired) electrons. The van der Waals surface area contributed by atoms with E-state index in [1.54, 1.807) is 0 Å². The van der Waals surface area contributed by atoms with Crippen molar-refractivity contribution in [3.05, 3.63) is 0 Å². The van der Waals surface area contributed by atoms with Crippen LogP contribution in [0, 0.1) is 11.8 Å². The molecule has 0 spiro atoms. The Bertz CT molecular complexity index is 165. The van der Waals surface area contributed by atoms with Crippen LogP contribution in [0.4, 0.5) is 0 Å². The predicted molar refractivity (Wildman–Crippen MR) is 58.9 cm³/mol. The highest BCUT2D eigenvalue weighted by Crippen LogP contribution is 2.41. The van der Waals surface area contributed by atoms with Gasteiger partial charge in [-0.15, -0.1) is 0 Å². The van der Waals surface area contributed by atoms with E-state index in [1.807, 2.05) is 0 Å². The van der Waals surface area contributed by atoms with Crippen LogP contribution in [0.1, 0.15) is 47.0 Å². The largest absolute Gasteiger partial charge is 0.301 e. The van der Waals surface area contributed by atoms with Crippen LogP contribution in [-0.4, -0.2) is 24.0 Å². The molecule has 13 heavy (non-hydrogen) atoms. The van der Waals surface area contributed by atoms with Crippen LogP contribution in [0.2, 0.25) is 0 Å². The third-order valence-electron chi connectivity index (χ3n) is 4.01. The van der Waals surface area contributed by atoms with E-state index >= 15 is 0 Å². The summed E-state index contributed by atoms with van der Waals surface area (Å²) in [6.45, 7) is 10.8. The number of rotatable bonds is 3. The maximum Gasteiger partial charge on any atom is 0.0209 e. The van der Waals surface area contributed by atoms with E-state index in [2.05, 4.69) is 39.6 Å². The lowest BCUT2D eigenvalue weighted by molar-refractivity contribution is 0.112. The topological polar surface area (TPSA) is 3.24 Å². The minimum Gasteiger partial charge on any atom is -0.301 e. The third-order valence-corrected chi connectivity index (χ3v) is 4.01. The van der Waals surface area contributed by atoms with Gasteiger partial charge in [0.05, 0.1) is 0 Å². The van der Waals surface area contributed by atoms with Crippen molar-refractivity contribution in [2.24, 2.45) is 11.8 Å². The number of hydrogen-bond acceptors (Lipinski definition) is 1. The lowest BCUT2D eigenvalue weighted by Gasteiger charge is -2.39. The first-order chi connectivity index (χ1) is 6.02. The van der Waals surface area contributed by atoms with Crippen molar-refractivity contribution in [3.63, 3.8) is 0 Å². The summed E-state index contributed by atoms with van der Waals surface area (Å²) in [7, 11) is 2.29. The Labute approximate surface area is 83.5 Å². The van der Waals surface area contributed by atoms with Crippen molar-refractivity contribution in [1.82, 2.24) is 4.90 Å². The molecule has 0 amide bonds. The second-order valence-corrected chi connectivity index (χ2v) is 5.17. The van der Waals surface area contributed by atoms with Crippen LogP contribution in [-0.2, 0) is 0 Å². The molecule has 1 aliphatic rings. The van der Waals surface area contributed by atoms with Crippen LogP contribution in [0.15, 0.2) is 0 Å². The summed E-state index contributed by atoms with van der Waals surface area (Å²) in [5.74, 6) is 1.74. The molecule has 0 N–H and O–H groups in total. The Kier molecular flexibility index (Phi) is 3.39. The summed E-state index contributed by atoms with van der Waals surface area (Å²) in [6, 6.07) is 0. The molecule has 0 saturated carbocycles. The molecule has 0 bridgehead atoms. The van der Waals surface area contributed by atoms with E-state index in [0.29, 0.717) is 5.54 Å². The van der Waals surface area contributed by atoms with Gasteiger partial charge in [0.25, 0.3) is 0 Å². The summed E-state index contributed by atoms with van der Waals surface area (Å²) in [4.78, 5) is 2.57. The first-order valence-electron chi connectivity index (χ1n) is 5.73. The fourth-order valence-corrected chi connectivity index (χ4v) is 3.12. The number of nitrogens with zero attached hydrogens (tertiary/aromatic N) is 1. The van der Waals surface area contributed by atoms with Gasteiger partial charge in [-0.25, -0.2) is 0 Å². The summed E-state index contributed by atoms with van der Waals surface area (Å²) in [5, 5.41) is 0. The quantitative estimate of drug-likeness (QED) is 0.649. The molecule has 1 heterocycles. The fourth-order valence-electron chi connectivity index (χ4n) is 3.12. The predicted octanol–water partition coefficient (Wildman–Crippen LogP) is 3.15. The van der Waals surface area contributed by atoms with Gasteiger partial charge in [0.2, 0.25) is 0 Å². The van der Waals surface area contributed by atoms with Crippen molar-refractivity contribution in [3.8, 4) is 0 Å². The summed E-state index contributed by atoms with van der Waals surface area (Å²) < 4.78 is 0. The highest BCUT2D eigenvalue weighted by molar-refractivity contribution is 4.97. The van der Waals surface area contributed by atoms with E-state index in [-0.39, 0.29) is 0 Å². The van der Waals surface area contributed by atoms with Gasteiger partial charge in [-0.05, 0) is 45.2 Å². The number of hydrogen-bond donors (Lipinski definition) is 0. The van der Waals surface area contributed by atoms with Crippen LogP contribution in [0.3, 0.4) is 0 Å². The molecule has 2 unspecified atom stereocenters. The molecule has 1 heteroatoms. The maximum atomic E-state index is 2.57. The molecule has 1 rings (SSSR count). The average Bonchev–Trinajstić information content (AvgIpc) is 2.29. The Morgan fingerprint density at radius 2 is 2.08 bits per heavy atom. The fraction of sp³-hybridized carbons (Fsp3) is 1.00. The summed E-state index contributed by atoms with van der Waals surface area (Å²) >= 11 is 0. The van der Waals surface area contributed by atoms with E-state index in [1.165, 1.54) is 25.8 Å². The zero-order valence-corrected chi connectivity index (χ0v) is 9.93. The van der Waals surface area contributed by atoms with Gasteiger partial charge in [0.15, 0.2) is 0 Å². The molecule has 1 nitrogen and oxygen atoms in total. The van der Waals surface area contributed by atoms with Gasteiger partial charge in [-0.3, -0.25) is 0 Å². The first kappa shape index (κ1) is 11.0. The van der Waals surface area contributed by atoms with Crippen LogP contribution >= 0.6 is 0 Å². The Morgan fingerprint density at radius 1 is 1.46 bits per heavy atom. The molecule has 1 aliphatic heterocycles. The summed E-state index contributed by atoms with van der Waals surface area (Å²) in [5.41, 5.74) is 0.475. The molecule has 1 saturated heterocycles. The standard InChI is InChI=1S/C12H25N/c1-6-8-12(4)11(10(2)3)7-9-13(12)5/h10-11H,6-9H2,1-5H3. The van der Waals surface area contributed by atoms with Crippen molar-refractivity contribution in [2.45, 2.75) is 52.5 Å².